The van der Waals surface area contributed by atoms with Crippen LogP contribution in [-0.2, 0) is 0 Å². The standard InChI is InChI=1S/C12H14FNO2/c13-11-2-1-9(12(15)16)7-10(11)8-3-5-14-6-4-8/h1-2,7-8,14H,3-6H2,(H,15,16). The van der Waals surface area contributed by atoms with E-state index in [1.54, 1.807) is 0 Å². The Morgan fingerprint density at radius 1 is 1.38 bits per heavy atom. The smallest absolute Gasteiger partial charge is 0.335 e. The van der Waals surface area contributed by atoms with Gasteiger partial charge in [-0.1, -0.05) is 0 Å². The van der Waals surface area contributed by atoms with E-state index in [0.717, 1.165) is 25.9 Å². The minimum atomic E-state index is -1.00. The van der Waals surface area contributed by atoms with Gasteiger partial charge < -0.3 is 10.4 Å². The van der Waals surface area contributed by atoms with E-state index in [2.05, 4.69) is 5.32 Å². The number of benzene rings is 1. The molecule has 0 atom stereocenters. The lowest BCUT2D eigenvalue weighted by atomic mass is 9.89. The van der Waals surface area contributed by atoms with Crippen molar-refractivity contribution in [3.63, 3.8) is 0 Å². The molecule has 16 heavy (non-hydrogen) atoms. The molecule has 0 aromatic heterocycles. The molecule has 0 unspecified atom stereocenters. The van der Waals surface area contributed by atoms with Crippen LogP contribution < -0.4 is 5.32 Å². The second kappa shape index (κ2) is 4.61. The zero-order valence-electron chi connectivity index (χ0n) is 8.87. The average Bonchev–Trinajstić information content (AvgIpc) is 2.30. The molecule has 1 fully saturated rings. The number of carbonyl (C=O) groups is 1. The van der Waals surface area contributed by atoms with Gasteiger partial charge in [0.05, 0.1) is 5.56 Å². The van der Waals surface area contributed by atoms with Crippen LogP contribution >= 0.6 is 0 Å². The Hall–Kier alpha value is -1.42. The van der Waals surface area contributed by atoms with E-state index in [9.17, 15) is 9.18 Å². The highest BCUT2D eigenvalue weighted by Gasteiger charge is 2.19. The topological polar surface area (TPSA) is 49.3 Å². The van der Waals surface area contributed by atoms with Gasteiger partial charge >= 0.3 is 5.97 Å². The van der Waals surface area contributed by atoms with E-state index in [0.29, 0.717) is 5.56 Å². The lowest BCUT2D eigenvalue weighted by Crippen LogP contribution is -2.27. The van der Waals surface area contributed by atoms with E-state index in [4.69, 9.17) is 5.11 Å². The largest absolute Gasteiger partial charge is 0.478 e. The Morgan fingerprint density at radius 2 is 2.06 bits per heavy atom. The summed E-state index contributed by atoms with van der Waals surface area (Å²) in [6.45, 7) is 1.73. The van der Waals surface area contributed by atoms with Crippen LogP contribution in [0.4, 0.5) is 4.39 Å². The fourth-order valence-corrected chi connectivity index (χ4v) is 2.12. The molecule has 0 amide bonds. The molecule has 0 spiro atoms. The fraction of sp³-hybridized carbons (Fsp3) is 0.417. The highest BCUT2D eigenvalue weighted by Crippen LogP contribution is 2.28. The molecule has 1 saturated heterocycles. The first-order valence-electron chi connectivity index (χ1n) is 5.42. The number of carboxylic acids is 1. The van der Waals surface area contributed by atoms with E-state index >= 15 is 0 Å². The van der Waals surface area contributed by atoms with Gasteiger partial charge in [-0.3, -0.25) is 0 Å². The predicted octanol–water partition coefficient (Wildman–Crippen LogP) is 1.99. The number of nitrogens with one attached hydrogen (secondary N) is 1. The molecule has 0 bridgehead atoms. The average molecular weight is 223 g/mol. The number of rotatable bonds is 2. The van der Waals surface area contributed by atoms with Gasteiger partial charge in [0.2, 0.25) is 0 Å². The molecular weight excluding hydrogens is 209 g/mol. The number of halogens is 1. The Labute approximate surface area is 93.3 Å². The van der Waals surface area contributed by atoms with E-state index in [1.165, 1.54) is 18.2 Å². The zero-order chi connectivity index (χ0) is 11.5. The number of piperidine rings is 1. The number of carboxylic acid groups (broad SMARTS) is 1. The summed E-state index contributed by atoms with van der Waals surface area (Å²) < 4.78 is 13.6. The van der Waals surface area contributed by atoms with Gasteiger partial charge in [-0.15, -0.1) is 0 Å². The summed E-state index contributed by atoms with van der Waals surface area (Å²) >= 11 is 0. The summed E-state index contributed by atoms with van der Waals surface area (Å²) in [4.78, 5) is 10.8. The van der Waals surface area contributed by atoms with Crippen LogP contribution in [0.3, 0.4) is 0 Å². The second-order valence-corrected chi connectivity index (χ2v) is 4.07. The molecule has 1 aliphatic heterocycles. The fourth-order valence-electron chi connectivity index (χ4n) is 2.12. The Bertz CT molecular complexity index is 400. The minimum absolute atomic E-state index is 0.139. The maximum absolute atomic E-state index is 13.6. The van der Waals surface area contributed by atoms with Crippen molar-refractivity contribution in [3.05, 3.63) is 35.1 Å². The van der Waals surface area contributed by atoms with Gasteiger partial charge in [-0.25, -0.2) is 9.18 Å². The summed E-state index contributed by atoms with van der Waals surface area (Å²) in [6, 6.07) is 4.02. The van der Waals surface area contributed by atoms with Gasteiger partial charge in [-0.2, -0.15) is 0 Å². The maximum atomic E-state index is 13.6. The van der Waals surface area contributed by atoms with Crippen LogP contribution in [0.25, 0.3) is 0 Å². The van der Waals surface area contributed by atoms with Crippen molar-refractivity contribution in [1.29, 1.82) is 0 Å². The first-order valence-corrected chi connectivity index (χ1v) is 5.42. The SMILES string of the molecule is O=C(O)c1ccc(F)c(C2CCNCC2)c1. The van der Waals surface area contributed by atoms with Crippen LogP contribution in [0.2, 0.25) is 0 Å². The first-order chi connectivity index (χ1) is 7.68. The van der Waals surface area contributed by atoms with Gasteiger partial charge in [-0.05, 0) is 55.6 Å². The number of hydrogen-bond acceptors (Lipinski definition) is 2. The third-order valence-corrected chi connectivity index (χ3v) is 3.02. The quantitative estimate of drug-likeness (QED) is 0.806. The maximum Gasteiger partial charge on any atom is 0.335 e. The molecule has 4 heteroatoms. The van der Waals surface area contributed by atoms with Crippen molar-refractivity contribution in [2.45, 2.75) is 18.8 Å². The summed E-state index contributed by atoms with van der Waals surface area (Å²) in [5, 5.41) is 12.1. The molecule has 0 saturated carbocycles. The highest BCUT2D eigenvalue weighted by molar-refractivity contribution is 5.87. The monoisotopic (exact) mass is 223 g/mol. The molecule has 1 heterocycles. The first kappa shape index (κ1) is 11.1. The van der Waals surface area contributed by atoms with Crippen LogP contribution in [0.1, 0.15) is 34.7 Å². The zero-order valence-corrected chi connectivity index (χ0v) is 8.87. The minimum Gasteiger partial charge on any atom is -0.478 e. The van der Waals surface area contributed by atoms with Crippen molar-refractivity contribution in [3.8, 4) is 0 Å². The number of hydrogen-bond donors (Lipinski definition) is 2. The van der Waals surface area contributed by atoms with Crippen LogP contribution in [0.5, 0.6) is 0 Å². The summed E-state index contributed by atoms with van der Waals surface area (Å²) in [6.07, 6.45) is 1.72. The van der Waals surface area contributed by atoms with Crippen molar-refractivity contribution < 1.29 is 14.3 Å². The Balaban J connectivity index is 2.30. The van der Waals surface area contributed by atoms with Crippen LogP contribution in [0, 0.1) is 5.82 Å². The van der Waals surface area contributed by atoms with Crippen molar-refractivity contribution in [2.75, 3.05) is 13.1 Å². The molecule has 1 aliphatic rings. The van der Waals surface area contributed by atoms with Crippen molar-refractivity contribution in [1.82, 2.24) is 5.32 Å². The van der Waals surface area contributed by atoms with E-state index < -0.39 is 5.97 Å². The van der Waals surface area contributed by atoms with Gasteiger partial charge in [0.1, 0.15) is 5.82 Å². The van der Waals surface area contributed by atoms with E-state index in [-0.39, 0.29) is 17.3 Å². The molecule has 2 rings (SSSR count). The van der Waals surface area contributed by atoms with Gasteiger partial charge in [0.25, 0.3) is 0 Å². The molecule has 86 valence electrons. The van der Waals surface area contributed by atoms with Gasteiger partial charge in [0, 0.05) is 0 Å². The summed E-state index contributed by atoms with van der Waals surface area (Å²) in [5.74, 6) is -1.16. The molecule has 0 radical (unpaired) electrons. The molecule has 2 N–H and O–H groups in total. The Kier molecular flexibility index (Phi) is 3.19. The molecular formula is C12H14FNO2. The van der Waals surface area contributed by atoms with Crippen LogP contribution in [-0.4, -0.2) is 24.2 Å². The second-order valence-electron chi connectivity index (χ2n) is 4.07. The lowest BCUT2D eigenvalue weighted by molar-refractivity contribution is 0.0696. The normalized spacial score (nSPS) is 17.3. The Morgan fingerprint density at radius 3 is 2.69 bits per heavy atom. The van der Waals surface area contributed by atoms with E-state index in [1.807, 2.05) is 0 Å². The molecule has 3 nitrogen and oxygen atoms in total. The lowest BCUT2D eigenvalue weighted by Gasteiger charge is -2.23. The van der Waals surface area contributed by atoms with Crippen molar-refractivity contribution >= 4 is 5.97 Å². The summed E-state index contributed by atoms with van der Waals surface area (Å²) in [5.41, 5.74) is 0.705. The molecule has 1 aromatic carbocycles. The number of aromatic carboxylic acids is 1. The van der Waals surface area contributed by atoms with Crippen molar-refractivity contribution in [2.24, 2.45) is 0 Å². The third kappa shape index (κ3) is 2.22. The predicted molar refractivity (Wildman–Crippen MR) is 58.2 cm³/mol. The molecule has 1 aromatic rings. The highest BCUT2D eigenvalue weighted by atomic mass is 19.1. The summed E-state index contributed by atoms with van der Waals surface area (Å²) in [7, 11) is 0. The van der Waals surface area contributed by atoms with Gasteiger partial charge in [0.15, 0.2) is 0 Å². The van der Waals surface area contributed by atoms with Crippen LogP contribution in [0.15, 0.2) is 18.2 Å². The molecule has 0 aliphatic carbocycles. The third-order valence-electron chi connectivity index (χ3n) is 3.02.